The van der Waals surface area contributed by atoms with E-state index >= 15 is 0 Å². The molecule has 0 saturated heterocycles. The van der Waals surface area contributed by atoms with Gasteiger partial charge in [0, 0.05) is 24.8 Å². The second kappa shape index (κ2) is 5.96. The van der Waals surface area contributed by atoms with Crippen molar-refractivity contribution in [2.45, 2.75) is 51.0 Å². The van der Waals surface area contributed by atoms with E-state index in [0.717, 1.165) is 50.9 Å². The fourth-order valence-corrected chi connectivity index (χ4v) is 3.31. The van der Waals surface area contributed by atoms with Crippen LogP contribution in [0.25, 0.3) is 0 Å². The van der Waals surface area contributed by atoms with Crippen LogP contribution in [0.4, 0.5) is 0 Å². The lowest BCUT2D eigenvalue weighted by molar-refractivity contribution is -0.123. The van der Waals surface area contributed by atoms with Crippen LogP contribution in [0, 0.1) is 5.92 Å². The lowest BCUT2D eigenvalue weighted by atomic mass is 9.82. The molecule has 3 heteroatoms. The number of ketones is 1. The molecule has 1 fully saturated rings. The number of carbonyl (C=O) groups excluding carboxylic acids is 1. The topological polar surface area (TPSA) is 52.3 Å². The van der Waals surface area contributed by atoms with Gasteiger partial charge in [-0.3, -0.25) is 4.79 Å². The van der Waals surface area contributed by atoms with Crippen molar-refractivity contribution in [2.75, 3.05) is 6.61 Å². The van der Waals surface area contributed by atoms with Crippen molar-refractivity contribution in [3.8, 4) is 5.75 Å². The molecule has 1 aromatic carbocycles. The second-order valence-corrected chi connectivity index (χ2v) is 6.12. The first-order valence-corrected chi connectivity index (χ1v) is 7.75. The van der Waals surface area contributed by atoms with Crippen molar-refractivity contribution in [2.24, 2.45) is 11.7 Å². The molecule has 1 aliphatic heterocycles. The standard InChI is InChI=1S/C17H23NO2/c18-15-5-3-13(4-6-15)16(19)7-1-12-2-8-17-14(11-12)9-10-20-17/h2,8,11,13,15H,1,3-7,9-10,18H2. The number of fused-ring (bicyclic) bond motifs is 1. The Balaban J connectivity index is 1.53. The highest BCUT2D eigenvalue weighted by Crippen LogP contribution is 2.28. The highest BCUT2D eigenvalue weighted by atomic mass is 16.5. The highest BCUT2D eigenvalue weighted by Gasteiger charge is 2.24. The normalized spacial score (nSPS) is 25.1. The molecule has 0 atom stereocenters. The maximum atomic E-state index is 12.2. The number of aryl methyl sites for hydroxylation is 1. The van der Waals surface area contributed by atoms with Crippen LogP contribution in [0.5, 0.6) is 5.75 Å². The van der Waals surface area contributed by atoms with E-state index in [1.807, 2.05) is 6.07 Å². The number of carbonyl (C=O) groups is 1. The molecule has 2 aliphatic rings. The van der Waals surface area contributed by atoms with Gasteiger partial charge in [-0.25, -0.2) is 0 Å². The van der Waals surface area contributed by atoms with Crippen molar-refractivity contribution in [3.05, 3.63) is 29.3 Å². The van der Waals surface area contributed by atoms with E-state index in [4.69, 9.17) is 10.5 Å². The van der Waals surface area contributed by atoms with Gasteiger partial charge in [-0.15, -0.1) is 0 Å². The van der Waals surface area contributed by atoms with E-state index in [1.165, 1.54) is 11.1 Å². The summed E-state index contributed by atoms with van der Waals surface area (Å²) >= 11 is 0. The summed E-state index contributed by atoms with van der Waals surface area (Å²) in [6.45, 7) is 0.792. The number of hydrogen-bond donors (Lipinski definition) is 1. The zero-order chi connectivity index (χ0) is 13.9. The van der Waals surface area contributed by atoms with E-state index in [2.05, 4.69) is 12.1 Å². The largest absolute Gasteiger partial charge is 0.493 e. The molecule has 0 unspecified atom stereocenters. The molecule has 1 aliphatic carbocycles. The molecule has 1 heterocycles. The predicted octanol–water partition coefficient (Wildman–Crippen LogP) is 2.64. The molecule has 20 heavy (non-hydrogen) atoms. The van der Waals surface area contributed by atoms with Crippen LogP contribution < -0.4 is 10.5 Å². The Hall–Kier alpha value is -1.35. The zero-order valence-electron chi connectivity index (χ0n) is 11.9. The fraction of sp³-hybridized carbons (Fsp3) is 0.588. The van der Waals surface area contributed by atoms with E-state index in [1.54, 1.807) is 0 Å². The van der Waals surface area contributed by atoms with Gasteiger partial charge in [0.2, 0.25) is 0 Å². The minimum atomic E-state index is 0.257. The molecule has 1 aromatic rings. The maximum Gasteiger partial charge on any atom is 0.136 e. The smallest absolute Gasteiger partial charge is 0.136 e. The Morgan fingerprint density at radius 2 is 2.05 bits per heavy atom. The van der Waals surface area contributed by atoms with Crippen LogP contribution in [0.3, 0.4) is 0 Å². The molecule has 0 spiro atoms. The van der Waals surface area contributed by atoms with E-state index in [0.29, 0.717) is 18.2 Å². The number of ether oxygens (including phenoxy) is 1. The summed E-state index contributed by atoms with van der Waals surface area (Å²) in [5, 5.41) is 0. The molecule has 1 saturated carbocycles. The summed E-state index contributed by atoms with van der Waals surface area (Å²) in [5.41, 5.74) is 8.44. The van der Waals surface area contributed by atoms with Gasteiger partial charge in [0.1, 0.15) is 11.5 Å². The molecule has 0 bridgehead atoms. The maximum absolute atomic E-state index is 12.2. The van der Waals surface area contributed by atoms with Crippen LogP contribution >= 0.6 is 0 Å². The number of nitrogens with two attached hydrogens (primary N) is 1. The van der Waals surface area contributed by atoms with Gasteiger partial charge in [-0.1, -0.05) is 12.1 Å². The van der Waals surface area contributed by atoms with Crippen molar-refractivity contribution in [3.63, 3.8) is 0 Å². The summed E-state index contributed by atoms with van der Waals surface area (Å²) in [6, 6.07) is 6.65. The summed E-state index contributed by atoms with van der Waals surface area (Å²) in [7, 11) is 0. The number of Topliss-reactive ketones (excluding diaryl/α,β-unsaturated/α-hetero) is 1. The van der Waals surface area contributed by atoms with Gasteiger partial charge in [0.25, 0.3) is 0 Å². The van der Waals surface area contributed by atoms with Crippen LogP contribution in [-0.4, -0.2) is 18.4 Å². The lowest BCUT2D eigenvalue weighted by Crippen LogP contribution is -2.29. The highest BCUT2D eigenvalue weighted by molar-refractivity contribution is 5.81. The summed E-state index contributed by atoms with van der Waals surface area (Å²) in [5.74, 6) is 1.70. The molecule has 108 valence electrons. The Bertz CT molecular complexity index is 490. The molecule has 0 aromatic heterocycles. The minimum Gasteiger partial charge on any atom is -0.493 e. The van der Waals surface area contributed by atoms with Gasteiger partial charge < -0.3 is 10.5 Å². The minimum absolute atomic E-state index is 0.257. The van der Waals surface area contributed by atoms with E-state index < -0.39 is 0 Å². The van der Waals surface area contributed by atoms with Crippen LogP contribution in [-0.2, 0) is 17.6 Å². The average Bonchev–Trinajstić information content (AvgIpc) is 2.93. The van der Waals surface area contributed by atoms with Gasteiger partial charge in [-0.2, -0.15) is 0 Å². The number of benzene rings is 1. The fourth-order valence-electron chi connectivity index (χ4n) is 3.31. The Labute approximate surface area is 120 Å². The Morgan fingerprint density at radius 1 is 1.25 bits per heavy atom. The number of hydrogen-bond acceptors (Lipinski definition) is 3. The predicted molar refractivity (Wildman–Crippen MR) is 78.9 cm³/mol. The third kappa shape index (κ3) is 3.04. The molecular formula is C17H23NO2. The molecule has 0 amide bonds. The third-order valence-electron chi connectivity index (χ3n) is 4.64. The molecule has 3 nitrogen and oxygen atoms in total. The first-order chi connectivity index (χ1) is 9.72. The SMILES string of the molecule is NC1CCC(C(=O)CCc2ccc3c(c2)CCO3)CC1. The summed E-state index contributed by atoms with van der Waals surface area (Å²) in [6.07, 6.45) is 6.50. The monoisotopic (exact) mass is 273 g/mol. The average molecular weight is 273 g/mol. The summed E-state index contributed by atoms with van der Waals surface area (Å²) in [4.78, 5) is 12.2. The second-order valence-electron chi connectivity index (χ2n) is 6.12. The lowest BCUT2D eigenvalue weighted by Gasteiger charge is -2.24. The quantitative estimate of drug-likeness (QED) is 0.917. The van der Waals surface area contributed by atoms with Crippen LogP contribution in [0.1, 0.15) is 43.2 Å². The molecule has 3 rings (SSSR count). The first kappa shape index (κ1) is 13.6. The Kier molecular flexibility index (Phi) is 4.06. The van der Waals surface area contributed by atoms with Crippen LogP contribution in [0.2, 0.25) is 0 Å². The molecular weight excluding hydrogens is 250 g/mol. The number of rotatable bonds is 4. The molecule has 2 N–H and O–H groups in total. The van der Waals surface area contributed by atoms with E-state index in [-0.39, 0.29) is 5.92 Å². The van der Waals surface area contributed by atoms with Crippen LogP contribution in [0.15, 0.2) is 18.2 Å². The molecule has 0 radical (unpaired) electrons. The first-order valence-electron chi connectivity index (χ1n) is 7.75. The zero-order valence-corrected chi connectivity index (χ0v) is 11.9. The van der Waals surface area contributed by atoms with Crippen molar-refractivity contribution in [1.82, 2.24) is 0 Å². The van der Waals surface area contributed by atoms with Gasteiger partial charge >= 0.3 is 0 Å². The van der Waals surface area contributed by atoms with Gasteiger partial charge in [0.05, 0.1) is 6.61 Å². The van der Waals surface area contributed by atoms with Crippen molar-refractivity contribution in [1.29, 1.82) is 0 Å². The Morgan fingerprint density at radius 3 is 2.85 bits per heavy atom. The summed E-state index contributed by atoms with van der Waals surface area (Å²) < 4.78 is 5.51. The van der Waals surface area contributed by atoms with Gasteiger partial charge in [0.15, 0.2) is 0 Å². The third-order valence-corrected chi connectivity index (χ3v) is 4.64. The van der Waals surface area contributed by atoms with Crippen molar-refractivity contribution >= 4 is 5.78 Å². The van der Waals surface area contributed by atoms with Gasteiger partial charge in [-0.05, 0) is 49.3 Å². The van der Waals surface area contributed by atoms with Crippen molar-refractivity contribution < 1.29 is 9.53 Å². The van der Waals surface area contributed by atoms with E-state index in [9.17, 15) is 4.79 Å².